The van der Waals surface area contributed by atoms with Gasteiger partial charge in [-0.3, -0.25) is 0 Å². The van der Waals surface area contributed by atoms with Crippen molar-refractivity contribution >= 4 is 0 Å². The minimum absolute atomic E-state index is 0.723. The summed E-state index contributed by atoms with van der Waals surface area (Å²) < 4.78 is 0. The lowest BCUT2D eigenvalue weighted by atomic mass is 10.1. The Morgan fingerprint density at radius 3 is 2.07 bits per heavy atom. The third-order valence-corrected chi connectivity index (χ3v) is 3.01. The molecule has 1 heteroatoms. The van der Waals surface area contributed by atoms with Gasteiger partial charge in [-0.05, 0) is 26.3 Å². The predicted molar refractivity (Wildman–Crippen MR) is 70.4 cm³/mol. The number of nitrogens with one attached hydrogen (secondary N) is 1. The van der Waals surface area contributed by atoms with Crippen LogP contribution in [0, 0.1) is 0 Å². The Kier molecular flexibility index (Phi) is 12.0. The van der Waals surface area contributed by atoms with Gasteiger partial charge in [-0.2, -0.15) is 0 Å². The van der Waals surface area contributed by atoms with Crippen molar-refractivity contribution in [1.82, 2.24) is 5.32 Å². The fourth-order valence-corrected chi connectivity index (χ4v) is 1.87. The first-order valence-corrected chi connectivity index (χ1v) is 7.04. The van der Waals surface area contributed by atoms with Gasteiger partial charge in [-0.25, -0.2) is 0 Å². The first-order valence-electron chi connectivity index (χ1n) is 7.04. The molecule has 1 unspecified atom stereocenters. The van der Waals surface area contributed by atoms with E-state index < -0.39 is 0 Å². The molecule has 0 amide bonds. The van der Waals surface area contributed by atoms with Crippen LogP contribution < -0.4 is 5.32 Å². The highest BCUT2D eigenvalue weighted by Gasteiger charge is 1.98. The van der Waals surface area contributed by atoms with Crippen molar-refractivity contribution in [3.05, 3.63) is 0 Å². The molecule has 0 aliphatic rings. The van der Waals surface area contributed by atoms with Gasteiger partial charge in [0.1, 0.15) is 0 Å². The first kappa shape index (κ1) is 15.0. The summed E-state index contributed by atoms with van der Waals surface area (Å²) >= 11 is 0. The molecule has 0 aromatic rings. The third kappa shape index (κ3) is 11.9. The molecule has 1 N–H and O–H groups in total. The molecular formula is C14H31N. The Hall–Kier alpha value is -0.0400. The predicted octanol–water partition coefficient (Wildman–Crippen LogP) is 4.52. The summed E-state index contributed by atoms with van der Waals surface area (Å²) in [5, 5.41) is 3.61. The van der Waals surface area contributed by atoms with Crippen LogP contribution in [0.15, 0.2) is 0 Å². The molecule has 0 rings (SSSR count). The van der Waals surface area contributed by atoms with Crippen molar-refractivity contribution in [2.75, 3.05) is 6.54 Å². The number of hydrogen-bond donors (Lipinski definition) is 1. The second-order valence-corrected chi connectivity index (χ2v) is 4.77. The topological polar surface area (TPSA) is 12.0 Å². The van der Waals surface area contributed by atoms with Crippen molar-refractivity contribution in [2.45, 2.75) is 84.6 Å². The third-order valence-electron chi connectivity index (χ3n) is 3.01. The monoisotopic (exact) mass is 213 g/mol. The molecule has 0 aromatic heterocycles. The summed E-state index contributed by atoms with van der Waals surface area (Å²) in [4.78, 5) is 0. The zero-order chi connectivity index (χ0) is 11.4. The van der Waals surface area contributed by atoms with Crippen molar-refractivity contribution in [3.63, 3.8) is 0 Å². The van der Waals surface area contributed by atoms with Crippen molar-refractivity contribution < 1.29 is 0 Å². The highest BCUT2D eigenvalue weighted by molar-refractivity contribution is 4.60. The van der Waals surface area contributed by atoms with Gasteiger partial charge in [0.25, 0.3) is 0 Å². The summed E-state index contributed by atoms with van der Waals surface area (Å²) in [6, 6.07) is 0.723. The summed E-state index contributed by atoms with van der Waals surface area (Å²) in [5.41, 5.74) is 0. The lowest BCUT2D eigenvalue weighted by Crippen LogP contribution is -2.26. The fraction of sp³-hybridized carbons (Fsp3) is 1.00. The molecular weight excluding hydrogens is 182 g/mol. The second-order valence-electron chi connectivity index (χ2n) is 4.77. The highest BCUT2D eigenvalue weighted by atomic mass is 14.9. The summed E-state index contributed by atoms with van der Waals surface area (Å²) in [5.74, 6) is 0. The number of unbranched alkanes of at least 4 members (excludes halogenated alkanes) is 6. The van der Waals surface area contributed by atoms with E-state index in [0.29, 0.717) is 0 Å². The van der Waals surface area contributed by atoms with Crippen LogP contribution in [0.2, 0.25) is 0 Å². The van der Waals surface area contributed by atoms with Crippen molar-refractivity contribution in [3.8, 4) is 0 Å². The molecule has 0 bridgehead atoms. The Bertz CT molecular complexity index is 112. The molecule has 0 aliphatic heterocycles. The molecule has 0 heterocycles. The molecule has 0 saturated heterocycles. The van der Waals surface area contributed by atoms with Crippen LogP contribution in [-0.2, 0) is 0 Å². The van der Waals surface area contributed by atoms with E-state index in [-0.39, 0.29) is 0 Å². The maximum absolute atomic E-state index is 3.61. The van der Waals surface area contributed by atoms with E-state index in [2.05, 4.69) is 26.1 Å². The molecule has 0 radical (unpaired) electrons. The summed E-state index contributed by atoms with van der Waals surface area (Å²) in [6.45, 7) is 8.07. The van der Waals surface area contributed by atoms with Crippen LogP contribution in [-0.4, -0.2) is 12.6 Å². The zero-order valence-electron chi connectivity index (χ0n) is 11.1. The van der Waals surface area contributed by atoms with E-state index in [1.807, 2.05) is 0 Å². The van der Waals surface area contributed by atoms with Gasteiger partial charge in [-0.1, -0.05) is 58.8 Å². The normalized spacial score (nSPS) is 13.0. The maximum Gasteiger partial charge on any atom is 0.00387 e. The van der Waals surface area contributed by atoms with Crippen LogP contribution in [0.1, 0.15) is 78.6 Å². The number of rotatable bonds is 11. The lowest BCUT2D eigenvalue weighted by molar-refractivity contribution is 0.477. The molecule has 0 aromatic carbocycles. The minimum Gasteiger partial charge on any atom is -0.314 e. The zero-order valence-corrected chi connectivity index (χ0v) is 11.1. The quantitative estimate of drug-likeness (QED) is 0.498. The largest absolute Gasteiger partial charge is 0.314 e. The smallest absolute Gasteiger partial charge is 0.00387 e. The van der Waals surface area contributed by atoms with Crippen LogP contribution in [0.25, 0.3) is 0 Å². The summed E-state index contributed by atoms with van der Waals surface area (Å²) in [6.07, 6.45) is 12.4. The van der Waals surface area contributed by atoms with E-state index in [4.69, 9.17) is 0 Å². The fourth-order valence-electron chi connectivity index (χ4n) is 1.87. The van der Waals surface area contributed by atoms with Crippen LogP contribution >= 0.6 is 0 Å². The van der Waals surface area contributed by atoms with E-state index in [0.717, 1.165) is 6.04 Å². The van der Waals surface area contributed by atoms with Gasteiger partial charge in [0, 0.05) is 6.04 Å². The summed E-state index contributed by atoms with van der Waals surface area (Å²) in [7, 11) is 0. The van der Waals surface area contributed by atoms with Gasteiger partial charge in [0.05, 0.1) is 0 Å². The van der Waals surface area contributed by atoms with Gasteiger partial charge in [-0.15, -0.1) is 0 Å². The van der Waals surface area contributed by atoms with E-state index in [1.54, 1.807) is 0 Å². The van der Waals surface area contributed by atoms with Crippen LogP contribution in [0.4, 0.5) is 0 Å². The first-order chi connectivity index (χ1) is 7.31. The van der Waals surface area contributed by atoms with Crippen molar-refractivity contribution in [1.29, 1.82) is 0 Å². The average molecular weight is 213 g/mol. The van der Waals surface area contributed by atoms with Gasteiger partial charge in [0.2, 0.25) is 0 Å². The Morgan fingerprint density at radius 1 is 0.800 bits per heavy atom. The van der Waals surface area contributed by atoms with Crippen LogP contribution in [0.3, 0.4) is 0 Å². The molecule has 1 nitrogen and oxygen atoms in total. The van der Waals surface area contributed by atoms with Gasteiger partial charge >= 0.3 is 0 Å². The van der Waals surface area contributed by atoms with E-state index >= 15 is 0 Å². The Morgan fingerprint density at radius 2 is 1.40 bits per heavy atom. The Labute approximate surface area is 97.0 Å². The average Bonchev–Trinajstić information content (AvgIpc) is 2.25. The molecule has 0 fully saturated rings. The SMILES string of the molecule is CCCCCCCCNC(C)CCCC. The van der Waals surface area contributed by atoms with E-state index in [1.165, 1.54) is 64.3 Å². The van der Waals surface area contributed by atoms with E-state index in [9.17, 15) is 0 Å². The lowest BCUT2D eigenvalue weighted by Gasteiger charge is -2.12. The molecule has 0 saturated carbocycles. The second kappa shape index (κ2) is 12.0. The van der Waals surface area contributed by atoms with Crippen molar-refractivity contribution in [2.24, 2.45) is 0 Å². The standard InChI is InChI=1S/C14H31N/c1-4-6-8-9-10-11-13-15-14(3)12-7-5-2/h14-15H,4-13H2,1-3H3. The maximum atomic E-state index is 3.61. The van der Waals surface area contributed by atoms with Gasteiger partial charge in [0.15, 0.2) is 0 Å². The minimum atomic E-state index is 0.723. The number of hydrogen-bond acceptors (Lipinski definition) is 1. The molecule has 92 valence electrons. The molecule has 0 aliphatic carbocycles. The Balaban J connectivity index is 3.02. The van der Waals surface area contributed by atoms with Crippen LogP contribution in [0.5, 0.6) is 0 Å². The molecule has 15 heavy (non-hydrogen) atoms. The molecule has 1 atom stereocenters. The highest BCUT2D eigenvalue weighted by Crippen LogP contribution is 2.05. The van der Waals surface area contributed by atoms with Gasteiger partial charge < -0.3 is 5.32 Å². The molecule has 0 spiro atoms.